The molecule has 1 amide bonds. The van der Waals surface area contributed by atoms with Crippen molar-refractivity contribution >= 4 is 38.7 Å². The summed E-state index contributed by atoms with van der Waals surface area (Å²) in [6.07, 6.45) is 9.82. The van der Waals surface area contributed by atoms with E-state index in [1.54, 1.807) is 18.2 Å². The number of amides is 1. The molecule has 0 bridgehead atoms. The molecule has 2 N–H and O–H groups in total. The van der Waals surface area contributed by atoms with Crippen molar-refractivity contribution in [1.29, 1.82) is 0 Å². The molecule has 0 saturated heterocycles. The van der Waals surface area contributed by atoms with Gasteiger partial charge in [0, 0.05) is 42.9 Å². The van der Waals surface area contributed by atoms with Gasteiger partial charge in [-0.1, -0.05) is 52.0 Å². The van der Waals surface area contributed by atoms with Crippen LogP contribution in [0.2, 0.25) is 0 Å². The van der Waals surface area contributed by atoms with E-state index in [1.165, 1.54) is 12.7 Å². The molecule has 2 aromatic carbocycles. The van der Waals surface area contributed by atoms with Crippen LogP contribution in [0, 0.1) is 51.8 Å². The first-order valence-electron chi connectivity index (χ1n) is 17.6. The van der Waals surface area contributed by atoms with E-state index in [4.69, 9.17) is 0 Å². The summed E-state index contributed by atoms with van der Waals surface area (Å²) in [5.41, 5.74) is 1.03. The van der Waals surface area contributed by atoms with E-state index in [1.807, 2.05) is 37.2 Å². The van der Waals surface area contributed by atoms with Crippen LogP contribution in [-0.4, -0.2) is 45.9 Å². The molecule has 0 aromatic heterocycles. The van der Waals surface area contributed by atoms with Crippen LogP contribution in [0.25, 0.3) is 10.8 Å². The van der Waals surface area contributed by atoms with Crippen molar-refractivity contribution in [2.24, 2.45) is 51.8 Å². The smallest absolute Gasteiger partial charge is 0.264 e. The van der Waals surface area contributed by atoms with E-state index in [0.717, 1.165) is 56.0 Å². The van der Waals surface area contributed by atoms with Gasteiger partial charge in [-0.25, -0.2) is 13.1 Å². The predicted molar refractivity (Wildman–Crippen MR) is 183 cm³/mol. The lowest BCUT2D eigenvalue weighted by Crippen LogP contribution is -2.47. The molecule has 4 aliphatic carbocycles. The number of nitrogens with zero attached hydrogens (tertiary/aromatic N) is 1. The zero-order valence-corrected chi connectivity index (χ0v) is 29.4. The highest BCUT2D eigenvalue weighted by molar-refractivity contribution is 7.90. The number of aliphatic hydroxyl groups is 1. The van der Waals surface area contributed by atoms with E-state index >= 15 is 0 Å². The minimum absolute atomic E-state index is 0.00187. The maximum atomic E-state index is 13.4. The largest absolute Gasteiger partial charge is 0.393 e. The number of fused-ring (bicyclic) bond motifs is 6. The molecule has 0 spiro atoms. The number of benzene rings is 2. The maximum absolute atomic E-state index is 13.4. The van der Waals surface area contributed by atoms with E-state index in [0.29, 0.717) is 41.4 Å². The molecule has 2 aromatic rings. The van der Waals surface area contributed by atoms with Gasteiger partial charge >= 0.3 is 0 Å². The van der Waals surface area contributed by atoms with Crippen molar-refractivity contribution < 1.29 is 23.1 Å². The monoisotopic (exact) mass is 650 g/mol. The van der Waals surface area contributed by atoms with E-state index in [9.17, 15) is 23.1 Å². The van der Waals surface area contributed by atoms with Gasteiger partial charge in [0.2, 0.25) is 5.91 Å². The molecule has 0 aliphatic heterocycles. The molecule has 4 aliphatic rings. The lowest BCUT2D eigenvalue weighted by molar-refractivity contribution is -0.122. The van der Waals surface area contributed by atoms with Gasteiger partial charge in [0.25, 0.3) is 10.0 Å². The number of rotatable bonds is 9. The van der Waals surface area contributed by atoms with Crippen molar-refractivity contribution in [2.45, 2.75) is 103 Å². The van der Waals surface area contributed by atoms with E-state index < -0.39 is 15.9 Å². The Balaban J connectivity index is 1.10. The zero-order valence-electron chi connectivity index (χ0n) is 28.6. The number of carbonyl (C=O) groups excluding carboxylic acids is 2. The van der Waals surface area contributed by atoms with Gasteiger partial charge in [-0.05, 0) is 116 Å². The normalized spacial score (nSPS) is 37.6. The molecule has 0 radical (unpaired) electrons. The molecule has 252 valence electrons. The number of anilines is 1. The molecule has 4 fully saturated rings. The van der Waals surface area contributed by atoms with Crippen LogP contribution in [0.15, 0.2) is 41.3 Å². The van der Waals surface area contributed by atoms with Gasteiger partial charge in [-0.3, -0.25) is 4.79 Å². The summed E-state index contributed by atoms with van der Waals surface area (Å²) in [4.78, 5) is 27.9. The van der Waals surface area contributed by atoms with Gasteiger partial charge in [0.15, 0.2) is 0 Å². The van der Waals surface area contributed by atoms with Crippen molar-refractivity contribution in [3.63, 3.8) is 0 Å². The minimum Gasteiger partial charge on any atom is -0.393 e. The van der Waals surface area contributed by atoms with Gasteiger partial charge in [-0.2, -0.15) is 0 Å². The van der Waals surface area contributed by atoms with Gasteiger partial charge in [-0.15, -0.1) is 0 Å². The van der Waals surface area contributed by atoms with E-state index in [-0.39, 0.29) is 39.6 Å². The Morgan fingerprint density at radius 1 is 1.00 bits per heavy atom. The number of carbonyl (C=O) groups is 2. The van der Waals surface area contributed by atoms with Gasteiger partial charge in [0.05, 0.1) is 11.0 Å². The number of aldehydes is 1. The second-order valence-electron chi connectivity index (χ2n) is 16.3. The Hall–Kier alpha value is -2.45. The Kier molecular flexibility index (Phi) is 8.66. The third kappa shape index (κ3) is 5.12. The van der Waals surface area contributed by atoms with Crippen LogP contribution in [0.5, 0.6) is 0 Å². The Bertz CT molecular complexity index is 1610. The summed E-state index contributed by atoms with van der Waals surface area (Å²) in [6.45, 7) is 9.49. The van der Waals surface area contributed by atoms with Crippen LogP contribution < -0.4 is 9.62 Å². The molecule has 46 heavy (non-hydrogen) atoms. The second kappa shape index (κ2) is 11.9. The molecule has 10 atom stereocenters. The number of nitrogens with one attached hydrogen (secondary N) is 1. The summed E-state index contributed by atoms with van der Waals surface area (Å²) in [7, 11) is -0.179. The molecule has 4 saturated carbocycles. The van der Waals surface area contributed by atoms with Crippen LogP contribution in [-0.2, 0) is 19.6 Å². The van der Waals surface area contributed by atoms with Crippen molar-refractivity contribution in [2.75, 3.05) is 19.0 Å². The van der Waals surface area contributed by atoms with Crippen molar-refractivity contribution in [1.82, 2.24) is 4.72 Å². The second-order valence-corrected chi connectivity index (χ2v) is 18.0. The Morgan fingerprint density at radius 3 is 2.43 bits per heavy atom. The standard InChI is InChI=1S/C38H54N2O5S/c1-24(10-7-15-34(43)39-46(44,45)33-14-9-11-26-27(33)12-8-13-32(26)40(5)6)28-16-17-29-35-30(19-20-36(28,29)2)37(3)21-18-25(42)22-38(37,4)31(35)23-41/h8-9,11-14,23-25,28-31,35,42H,7,10,15-22H2,1-6H3,(H,39,43)/t24-,25+,28-,29?,30?,31-,35?,36-,37-,38+/m1/s1. The number of hydrogen-bond acceptors (Lipinski definition) is 6. The molecular formula is C38H54N2O5S. The number of hydrogen-bond donors (Lipinski definition) is 2. The average Bonchev–Trinajstić information content (AvgIpc) is 3.44. The van der Waals surface area contributed by atoms with Gasteiger partial charge in [0.1, 0.15) is 6.29 Å². The summed E-state index contributed by atoms with van der Waals surface area (Å²) < 4.78 is 29.1. The summed E-state index contributed by atoms with van der Waals surface area (Å²) >= 11 is 0. The van der Waals surface area contributed by atoms with Crippen LogP contribution in [0.1, 0.15) is 91.9 Å². The fourth-order valence-corrected chi connectivity index (χ4v) is 12.9. The Morgan fingerprint density at radius 2 is 1.72 bits per heavy atom. The fraction of sp³-hybridized carbons (Fsp3) is 0.684. The molecule has 0 heterocycles. The first-order chi connectivity index (χ1) is 21.7. The van der Waals surface area contributed by atoms with E-state index in [2.05, 4.69) is 32.4 Å². The average molecular weight is 651 g/mol. The van der Waals surface area contributed by atoms with Crippen LogP contribution in [0.3, 0.4) is 0 Å². The fourth-order valence-electron chi connectivity index (χ4n) is 11.7. The van der Waals surface area contributed by atoms with Crippen molar-refractivity contribution in [3.05, 3.63) is 36.4 Å². The zero-order chi connectivity index (χ0) is 33.2. The number of sulfonamides is 1. The first-order valence-corrected chi connectivity index (χ1v) is 19.0. The topological polar surface area (TPSA) is 104 Å². The minimum atomic E-state index is -4.02. The molecule has 6 rings (SSSR count). The summed E-state index contributed by atoms with van der Waals surface area (Å²) in [5.74, 6) is 1.89. The molecule has 8 heteroatoms. The third-order valence-corrected chi connectivity index (χ3v) is 15.5. The quantitative estimate of drug-likeness (QED) is 0.285. The summed E-state index contributed by atoms with van der Waals surface area (Å²) in [6, 6.07) is 10.8. The highest BCUT2D eigenvalue weighted by Gasteiger charge is 2.70. The van der Waals surface area contributed by atoms with Gasteiger partial charge < -0.3 is 14.8 Å². The number of aliphatic hydroxyl groups excluding tert-OH is 1. The summed E-state index contributed by atoms with van der Waals surface area (Å²) in [5, 5.41) is 12.1. The third-order valence-electron chi connectivity index (χ3n) is 14.1. The Labute approximate surface area is 275 Å². The first kappa shape index (κ1) is 33.5. The predicted octanol–water partition coefficient (Wildman–Crippen LogP) is 6.96. The van der Waals surface area contributed by atoms with Crippen LogP contribution in [0.4, 0.5) is 5.69 Å². The molecular weight excluding hydrogens is 596 g/mol. The van der Waals surface area contributed by atoms with Crippen LogP contribution >= 0.6 is 0 Å². The van der Waals surface area contributed by atoms with Crippen molar-refractivity contribution in [3.8, 4) is 0 Å². The molecule has 7 nitrogen and oxygen atoms in total. The lowest BCUT2D eigenvalue weighted by atomic mass is 9.52. The maximum Gasteiger partial charge on any atom is 0.264 e. The highest BCUT2D eigenvalue weighted by atomic mass is 32.2. The SMILES string of the molecule is C[C@H](CCCC(=O)NS(=O)(=O)c1cccc2c(N(C)C)cccc12)[C@H]1CCC2C3C(CC[C@@]21C)[C@@]1(C)CC[C@H](O)C[C@@]1(C)[C@@H]3C=O. The lowest BCUT2D eigenvalue weighted by Gasteiger charge is -2.53. The molecule has 3 unspecified atom stereocenters. The highest BCUT2D eigenvalue weighted by Crippen LogP contribution is 2.75.